The van der Waals surface area contributed by atoms with Crippen LogP contribution in [0.3, 0.4) is 0 Å². The van der Waals surface area contributed by atoms with Crippen LogP contribution in [0.15, 0.2) is 47.4 Å². The summed E-state index contributed by atoms with van der Waals surface area (Å²) < 4.78 is 28.0. The molecule has 0 spiro atoms. The molecule has 30 heavy (non-hydrogen) atoms. The number of hydrogen-bond donors (Lipinski definition) is 1. The number of fused-ring (bicyclic) bond motifs is 1. The van der Waals surface area contributed by atoms with Gasteiger partial charge in [0.2, 0.25) is 0 Å². The first-order valence-corrected chi connectivity index (χ1v) is 10.6. The fraction of sp³-hybridized carbons (Fsp3) is 0.190. The molecular formula is C21H16ClF2N3O2S. The van der Waals surface area contributed by atoms with Crippen molar-refractivity contribution in [3.8, 4) is 0 Å². The van der Waals surface area contributed by atoms with E-state index in [1.165, 1.54) is 6.92 Å². The molecule has 1 unspecified atom stereocenters. The van der Waals surface area contributed by atoms with Crippen molar-refractivity contribution in [2.45, 2.75) is 23.9 Å². The van der Waals surface area contributed by atoms with Crippen molar-refractivity contribution in [1.82, 2.24) is 15.2 Å². The van der Waals surface area contributed by atoms with E-state index in [0.29, 0.717) is 11.1 Å². The zero-order chi connectivity index (χ0) is 21.6. The van der Waals surface area contributed by atoms with Gasteiger partial charge in [0, 0.05) is 21.4 Å². The number of hydrogen-bond acceptors (Lipinski definition) is 4. The van der Waals surface area contributed by atoms with Gasteiger partial charge in [-0.2, -0.15) is 0 Å². The standard InChI is InChI=1S/C21H16ClF2N3O2S/c1-21(15-8-13(23)4-6-16(15)24)19(28)27(20(29)26-21)10-12-7-11-3-5-14(30-2)9-17(11)25-18(12)22/h3-9H,10H2,1-2H3,(H,26,29). The zero-order valence-electron chi connectivity index (χ0n) is 16.0. The molecule has 0 bridgehead atoms. The Bertz CT molecular complexity index is 1210. The Hall–Kier alpha value is -2.71. The van der Waals surface area contributed by atoms with Gasteiger partial charge in [0.05, 0.1) is 12.1 Å². The van der Waals surface area contributed by atoms with E-state index in [1.807, 2.05) is 24.5 Å². The average Bonchev–Trinajstić information content (AvgIpc) is 2.93. The predicted octanol–water partition coefficient (Wildman–Crippen LogP) is 4.86. The lowest BCUT2D eigenvalue weighted by Gasteiger charge is -2.23. The highest BCUT2D eigenvalue weighted by molar-refractivity contribution is 7.98. The number of rotatable bonds is 4. The lowest BCUT2D eigenvalue weighted by molar-refractivity contribution is -0.131. The number of imide groups is 1. The first-order valence-electron chi connectivity index (χ1n) is 8.96. The molecular weight excluding hydrogens is 432 g/mol. The summed E-state index contributed by atoms with van der Waals surface area (Å²) in [6.45, 7) is 1.19. The molecule has 2 aromatic carbocycles. The van der Waals surface area contributed by atoms with Crippen LogP contribution in [0, 0.1) is 11.6 Å². The number of halogens is 3. The first kappa shape index (κ1) is 20.6. The number of amides is 3. The Morgan fingerprint density at radius 3 is 2.67 bits per heavy atom. The minimum atomic E-state index is -1.73. The van der Waals surface area contributed by atoms with Crippen molar-refractivity contribution in [2.24, 2.45) is 0 Å². The summed E-state index contributed by atoms with van der Waals surface area (Å²) in [5.41, 5.74) is -0.809. The highest BCUT2D eigenvalue weighted by Crippen LogP contribution is 2.33. The van der Waals surface area contributed by atoms with Crippen LogP contribution in [0.4, 0.5) is 13.6 Å². The Labute approximate surface area is 180 Å². The maximum Gasteiger partial charge on any atom is 0.325 e. The summed E-state index contributed by atoms with van der Waals surface area (Å²) in [5, 5.41) is 3.43. The smallest absolute Gasteiger partial charge is 0.319 e. The average molecular weight is 448 g/mol. The summed E-state index contributed by atoms with van der Waals surface area (Å²) in [4.78, 5) is 31.9. The molecule has 2 heterocycles. The van der Waals surface area contributed by atoms with Crippen molar-refractivity contribution in [1.29, 1.82) is 0 Å². The van der Waals surface area contributed by atoms with E-state index < -0.39 is 29.1 Å². The summed E-state index contributed by atoms with van der Waals surface area (Å²) >= 11 is 7.88. The van der Waals surface area contributed by atoms with Gasteiger partial charge in [-0.1, -0.05) is 17.7 Å². The van der Waals surface area contributed by atoms with E-state index >= 15 is 0 Å². The minimum absolute atomic E-state index is 0.150. The lowest BCUT2D eigenvalue weighted by Crippen LogP contribution is -2.41. The van der Waals surface area contributed by atoms with Crippen LogP contribution < -0.4 is 5.32 Å². The second-order valence-corrected chi connectivity index (χ2v) is 8.31. The van der Waals surface area contributed by atoms with Crippen LogP contribution >= 0.6 is 23.4 Å². The van der Waals surface area contributed by atoms with Gasteiger partial charge in [-0.25, -0.2) is 18.6 Å². The molecule has 3 amide bonds. The number of thioether (sulfide) groups is 1. The zero-order valence-corrected chi connectivity index (χ0v) is 17.6. The summed E-state index contributed by atoms with van der Waals surface area (Å²) in [6, 6.07) is 9.52. The van der Waals surface area contributed by atoms with Crippen molar-refractivity contribution >= 4 is 46.2 Å². The molecule has 1 aromatic heterocycles. The van der Waals surface area contributed by atoms with Crippen LogP contribution in [-0.2, 0) is 16.9 Å². The number of pyridine rings is 1. The Morgan fingerprint density at radius 2 is 1.93 bits per heavy atom. The molecule has 9 heteroatoms. The van der Waals surface area contributed by atoms with Gasteiger partial charge in [0.25, 0.3) is 5.91 Å². The normalized spacial score (nSPS) is 18.9. The van der Waals surface area contributed by atoms with E-state index in [1.54, 1.807) is 17.8 Å². The quantitative estimate of drug-likeness (QED) is 0.352. The van der Waals surface area contributed by atoms with Gasteiger partial charge in [-0.15, -0.1) is 11.8 Å². The maximum atomic E-state index is 14.3. The van der Waals surface area contributed by atoms with E-state index in [-0.39, 0.29) is 17.3 Å². The Balaban J connectivity index is 1.68. The molecule has 1 N–H and O–H groups in total. The van der Waals surface area contributed by atoms with E-state index in [2.05, 4.69) is 10.3 Å². The van der Waals surface area contributed by atoms with Crippen LogP contribution in [0.25, 0.3) is 10.9 Å². The van der Waals surface area contributed by atoms with Crippen LogP contribution in [-0.4, -0.2) is 28.1 Å². The van der Waals surface area contributed by atoms with Gasteiger partial charge < -0.3 is 5.32 Å². The highest BCUT2D eigenvalue weighted by Gasteiger charge is 2.50. The molecule has 0 radical (unpaired) electrons. The van der Waals surface area contributed by atoms with Gasteiger partial charge in [-0.05, 0) is 49.6 Å². The molecule has 0 aliphatic carbocycles. The molecule has 1 aliphatic heterocycles. The van der Waals surface area contributed by atoms with Crippen molar-refractivity contribution < 1.29 is 18.4 Å². The number of nitrogens with one attached hydrogen (secondary N) is 1. The van der Waals surface area contributed by atoms with Crippen molar-refractivity contribution in [3.05, 3.63) is 70.4 Å². The highest BCUT2D eigenvalue weighted by atomic mass is 35.5. The Morgan fingerprint density at radius 1 is 1.17 bits per heavy atom. The molecule has 1 fully saturated rings. The summed E-state index contributed by atoms with van der Waals surface area (Å²) in [6.07, 6.45) is 1.95. The third-order valence-corrected chi connectivity index (χ3v) is 6.17. The van der Waals surface area contributed by atoms with Crippen LogP contribution in [0.5, 0.6) is 0 Å². The Kier molecular flexibility index (Phi) is 5.15. The molecule has 0 saturated carbocycles. The number of benzene rings is 2. The largest absolute Gasteiger partial charge is 0.325 e. The lowest BCUT2D eigenvalue weighted by atomic mass is 9.91. The molecule has 5 nitrogen and oxygen atoms in total. The number of aromatic nitrogens is 1. The van der Waals surface area contributed by atoms with E-state index in [0.717, 1.165) is 33.4 Å². The van der Waals surface area contributed by atoms with Gasteiger partial charge in [0.1, 0.15) is 22.3 Å². The van der Waals surface area contributed by atoms with Gasteiger partial charge in [0.15, 0.2) is 0 Å². The molecule has 1 saturated heterocycles. The van der Waals surface area contributed by atoms with Crippen molar-refractivity contribution in [3.63, 3.8) is 0 Å². The molecule has 1 aliphatic rings. The number of carbonyl (C=O) groups excluding carboxylic acids is 2. The maximum absolute atomic E-state index is 14.3. The number of urea groups is 1. The van der Waals surface area contributed by atoms with Gasteiger partial charge in [-0.3, -0.25) is 9.69 Å². The topological polar surface area (TPSA) is 62.3 Å². The SMILES string of the molecule is CSc1ccc2cc(CN3C(=O)NC(C)(c4cc(F)ccc4F)C3=O)c(Cl)nc2c1. The summed E-state index contributed by atoms with van der Waals surface area (Å²) in [5.74, 6) is -2.20. The molecule has 154 valence electrons. The number of carbonyl (C=O) groups is 2. The second kappa shape index (κ2) is 7.52. The second-order valence-electron chi connectivity index (χ2n) is 7.07. The molecule has 3 aromatic rings. The summed E-state index contributed by atoms with van der Waals surface area (Å²) in [7, 11) is 0. The molecule has 4 rings (SSSR count). The monoisotopic (exact) mass is 447 g/mol. The molecule has 1 atom stereocenters. The fourth-order valence-electron chi connectivity index (χ4n) is 3.48. The fourth-order valence-corrected chi connectivity index (χ4v) is 4.12. The van der Waals surface area contributed by atoms with Gasteiger partial charge >= 0.3 is 6.03 Å². The third-order valence-electron chi connectivity index (χ3n) is 5.12. The van der Waals surface area contributed by atoms with Crippen LogP contribution in [0.2, 0.25) is 5.15 Å². The first-order chi connectivity index (χ1) is 14.2. The van der Waals surface area contributed by atoms with E-state index in [9.17, 15) is 18.4 Å². The van der Waals surface area contributed by atoms with Crippen LogP contribution in [0.1, 0.15) is 18.1 Å². The third kappa shape index (κ3) is 3.40. The van der Waals surface area contributed by atoms with E-state index in [4.69, 9.17) is 11.6 Å². The number of nitrogens with zero attached hydrogens (tertiary/aromatic N) is 2. The predicted molar refractivity (Wildman–Crippen MR) is 111 cm³/mol. The minimum Gasteiger partial charge on any atom is -0.319 e. The van der Waals surface area contributed by atoms with Crippen molar-refractivity contribution in [2.75, 3.05) is 6.26 Å².